The number of hydrogen-bond donors (Lipinski definition) is 1. The van der Waals surface area contributed by atoms with Gasteiger partial charge in [0.2, 0.25) is 0 Å². The van der Waals surface area contributed by atoms with Crippen LogP contribution in [0, 0.1) is 3.70 Å². The predicted octanol–water partition coefficient (Wildman–Crippen LogP) is 3.07. The Morgan fingerprint density at radius 3 is 2.59 bits per heavy atom. The lowest BCUT2D eigenvalue weighted by atomic mass is 9.94. The highest BCUT2D eigenvalue weighted by atomic mass is 127. The van der Waals surface area contributed by atoms with Crippen molar-refractivity contribution < 1.29 is 0 Å². The summed E-state index contributed by atoms with van der Waals surface area (Å²) >= 11 is 2.36. The zero-order valence-corrected chi connectivity index (χ0v) is 12.3. The monoisotopic (exact) mass is 345 g/mol. The summed E-state index contributed by atoms with van der Waals surface area (Å²) in [5.74, 6) is 0.730. The van der Waals surface area contributed by atoms with Crippen LogP contribution in [0.1, 0.15) is 56.2 Å². The van der Waals surface area contributed by atoms with Gasteiger partial charge in [-0.15, -0.1) is 0 Å². The first-order valence-corrected chi connectivity index (χ1v) is 7.88. The van der Waals surface area contributed by atoms with Crippen LogP contribution in [-0.2, 0) is 0 Å². The largest absolute Gasteiger partial charge is 0.317 e. The molecular formula is C13H20IN3. The summed E-state index contributed by atoms with van der Waals surface area (Å²) in [5.41, 5.74) is 1.50. The summed E-state index contributed by atoms with van der Waals surface area (Å²) in [5, 5.41) is 8.20. The Balaban J connectivity index is 1.86. The summed E-state index contributed by atoms with van der Waals surface area (Å²) in [4.78, 5) is 0. The maximum Gasteiger partial charge on any atom is 0.123 e. The van der Waals surface area contributed by atoms with Crippen molar-refractivity contribution in [2.75, 3.05) is 13.1 Å². The molecule has 2 aliphatic rings. The maximum absolute atomic E-state index is 4.75. The summed E-state index contributed by atoms with van der Waals surface area (Å²) in [6.45, 7) is 2.33. The molecule has 1 saturated carbocycles. The summed E-state index contributed by atoms with van der Waals surface area (Å²) in [6, 6.07) is 3.00. The molecule has 1 aliphatic heterocycles. The second-order valence-corrected chi connectivity index (χ2v) is 6.40. The van der Waals surface area contributed by atoms with E-state index in [2.05, 4.69) is 38.7 Å². The molecule has 17 heavy (non-hydrogen) atoms. The first-order valence-electron chi connectivity index (χ1n) is 6.80. The van der Waals surface area contributed by atoms with Gasteiger partial charge in [0.15, 0.2) is 0 Å². The van der Waals surface area contributed by atoms with E-state index in [0.29, 0.717) is 6.04 Å². The summed E-state index contributed by atoms with van der Waals surface area (Å²) in [7, 11) is 0. The van der Waals surface area contributed by atoms with Gasteiger partial charge in [-0.25, -0.2) is 0 Å². The molecule has 1 saturated heterocycles. The molecule has 0 unspecified atom stereocenters. The highest BCUT2D eigenvalue weighted by Gasteiger charge is 2.25. The van der Waals surface area contributed by atoms with Gasteiger partial charge >= 0.3 is 0 Å². The van der Waals surface area contributed by atoms with Crippen molar-refractivity contribution in [2.24, 2.45) is 0 Å². The van der Waals surface area contributed by atoms with E-state index in [1.165, 1.54) is 47.9 Å². The Kier molecular flexibility index (Phi) is 3.70. The van der Waals surface area contributed by atoms with Gasteiger partial charge in [0.25, 0.3) is 0 Å². The Labute approximate surface area is 116 Å². The number of rotatable bonds is 2. The van der Waals surface area contributed by atoms with Crippen molar-refractivity contribution in [1.82, 2.24) is 15.1 Å². The normalized spacial score (nSPS) is 23.4. The Morgan fingerprint density at radius 2 is 1.88 bits per heavy atom. The van der Waals surface area contributed by atoms with Gasteiger partial charge < -0.3 is 5.32 Å². The Hall–Kier alpha value is -0.100. The molecule has 0 bridgehead atoms. The molecule has 1 aliphatic carbocycles. The molecule has 0 aromatic carbocycles. The van der Waals surface area contributed by atoms with Gasteiger partial charge in [0.1, 0.15) is 3.70 Å². The molecule has 1 N–H and O–H groups in total. The highest BCUT2D eigenvalue weighted by Crippen LogP contribution is 2.34. The van der Waals surface area contributed by atoms with E-state index in [4.69, 9.17) is 5.10 Å². The van der Waals surface area contributed by atoms with Crippen molar-refractivity contribution in [3.8, 4) is 0 Å². The van der Waals surface area contributed by atoms with Gasteiger partial charge in [-0.1, -0.05) is 12.8 Å². The number of halogens is 1. The minimum absolute atomic E-state index is 0.684. The number of aromatic nitrogens is 2. The number of piperidine rings is 1. The standard InChI is InChI=1S/C13H20IN3/c14-13-9-12(10-5-7-15-8-6-10)17(16-13)11-3-1-2-4-11/h9-11,15H,1-8H2. The first kappa shape index (κ1) is 12.0. The number of nitrogens with one attached hydrogen (secondary N) is 1. The fraction of sp³-hybridized carbons (Fsp3) is 0.769. The van der Waals surface area contributed by atoms with Gasteiger partial charge in [0, 0.05) is 11.6 Å². The SMILES string of the molecule is Ic1cc(C2CCNCC2)n(C2CCCC2)n1. The van der Waals surface area contributed by atoms with Crippen LogP contribution in [0.25, 0.3) is 0 Å². The van der Waals surface area contributed by atoms with Crippen LogP contribution < -0.4 is 5.32 Å². The zero-order chi connectivity index (χ0) is 11.7. The van der Waals surface area contributed by atoms with E-state index in [-0.39, 0.29) is 0 Å². The van der Waals surface area contributed by atoms with Crippen LogP contribution in [-0.4, -0.2) is 22.9 Å². The van der Waals surface area contributed by atoms with E-state index >= 15 is 0 Å². The van der Waals surface area contributed by atoms with Crippen LogP contribution in [0.2, 0.25) is 0 Å². The average Bonchev–Trinajstić information content (AvgIpc) is 2.98. The van der Waals surface area contributed by atoms with Crippen molar-refractivity contribution in [1.29, 1.82) is 0 Å². The van der Waals surface area contributed by atoms with Gasteiger partial charge in [-0.05, 0) is 67.4 Å². The fourth-order valence-corrected chi connectivity index (χ4v) is 3.79. The molecule has 3 rings (SSSR count). The third kappa shape index (κ3) is 2.52. The topological polar surface area (TPSA) is 29.9 Å². The average molecular weight is 345 g/mol. The van der Waals surface area contributed by atoms with E-state index in [0.717, 1.165) is 19.0 Å². The van der Waals surface area contributed by atoms with Crippen LogP contribution in [0.15, 0.2) is 6.07 Å². The van der Waals surface area contributed by atoms with E-state index in [9.17, 15) is 0 Å². The third-order valence-electron chi connectivity index (χ3n) is 4.16. The molecule has 0 radical (unpaired) electrons. The lowest BCUT2D eigenvalue weighted by Crippen LogP contribution is -2.28. The first-order chi connectivity index (χ1) is 8.34. The fourth-order valence-electron chi connectivity index (χ4n) is 3.24. The van der Waals surface area contributed by atoms with Crippen molar-refractivity contribution in [3.05, 3.63) is 15.5 Å². The molecule has 0 spiro atoms. The molecular weight excluding hydrogens is 325 g/mol. The lowest BCUT2D eigenvalue weighted by Gasteiger charge is -2.25. The second-order valence-electron chi connectivity index (χ2n) is 5.30. The minimum atomic E-state index is 0.684. The molecule has 2 fully saturated rings. The van der Waals surface area contributed by atoms with Crippen molar-refractivity contribution >= 4 is 22.6 Å². The molecule has 4 heteroatoms. The second kappa shape index (κ2) is 5.26. The van der Waals surface area contributed by atoms with Crippen LogP contribution in [0.4, 0.5) is 0 Å². The lowest BCUT2D eigenvalue weighted by molar-refractivity contribution is 0.392. The van der Waals surface area contributed by atoms with Gasteiger partial charge in [-0.2, -0.15) is 5.10 Å². The molecule has 0 amide bonds. The van der Waals surface area contributed by atoms with Crippen LogP contribution in [0.3, 0.4) is 0 Å². The van der Waals surface area contributed by atoms with Crippen molar-refractivity contribution in [2.45, 2.75) is 50.5 Å². The Bertz CT molecular complexity index is 376. The zero-order valence-electron chi connectivity index (χ0n) is 10.2. The van der Waals surface area contributed by atoms with E-state index in [1.54, 1.807) is 0 Å². The molecule has 94 valence electrons. The van der Waals surface area contributed by atoms with E-state index in [1.807, 2.05) is 0 Å². The Morgan fingerprint density at radius 1 is 1.18 bits per heavy atom. The molecule has 1 aromatic heterocycles. The third-order valence-corrected chi connectivity index (χ3v) is 4.69. The molecule has 0 atom stereocenters. The summed E-state index contributed by atoms with van der Waals surface area (Å²) < 4.78 is 3.54. The van der Waals surface area contributed by atoms with Crippen LogP contribution in [0.5, 0.6) is 0 Å². The number of hydrogen-bond acceptors (Lipinski definition) is 2. The predicted molar refractivity (Wildman–Crippen MR) is 77.3 cm³/mol. The number of nitrogens with zero attached hydrogens (tertiary/aromatic N) is 2. The smallest absolute Gasteiger partial charge is 0.123 e. The van der Waals surface area contributed by atoms with Gasteiger partial charge in [0.05, 0.1) is 6.04 Å². The molecule has 1 aromatic rings. The van der Waals surface area contributed by atoms with Crippen molar-refractivity contribution in [3.63, 3.8) is 0 Å². The molecule has 2 heterocycles. The molecule has 3 nitrogen and oxygen atoms in total. The van der Waals surface area contributed by atoms with Crippen LogP contribution >= 0.6 is 22.6 Å². The minimum Gasteiger partial charge on any atom is -0.317 e. The maximum atomic E-state index is 4.75. The van der Waals surface area contributed by atoms with E-state index < -0.39 is 0 Å². The quantitative estimate of drug-likeness (QED) is 0.835. The highest BCUT2D eigenvalue weighted by molar-refractivity contribution is 14.1. The summed E-state index contributed by atoms with van der Waals surface area (Å²) in [6.07, 6.45) is 7.97. The van der Waals surface area contributed by atoms with Gasteiger partial charge in [-0.3, -0.25) is 4.68 Å².